The van der Waals surface area contributed by atoms with Gasteiger partial charge in [0.15, 0.2) is 0 Å². The minimum Gasteiger partial charge on any atom is -0.494 e. The highest BCUT2D eigenvalue weighted by atomic mass is 16.5. The van der Waals surface area contributed by atoms with Crippen LogP contribution in [0.1, 0.15) is 6.92 Å². The van der Waals surface area contributed by atoms with E-state index >= 15 is 0 Å². The molecule has 20 heavy (non-hydrogen) atoms. The zero-order chi connectivity index (χ0) is 14.4. The van der Waals surface area contributed by atoms with E-state index in [1.165, 1.54) is 23.2 Å². The van der Waals surface area contributed by atoms with E-state index in [2.05, 4.69) is 10.3 Å². The number of anilines is 1. The number of amides is 1. The van der Waals surface area contributed by atoms with Crippen molar-refractivity contribution in [3.05, 3.63) is 53.2 Å². The highest BCUT2D eigenvalue weighted by molar-refractivity contribution is 5.90. The third kappa shape index (κ3) is 3.68. The van der Waals surface area contributed by atoms with Crippen LogP contribution in [-0.2, 0) is 11.3 Å². The molecular formula is C14H15N3O3. The van der Waals surface area contributed by atoms with Gasteiger partial charge in [0.1, 0.15) is 12.3 Å². The predicted octanol–water partition coefficient (Wildman–Crippen LogP) is 1.28. The first-order chi connectivity index (χ1) is 9.69. The molecule has 0 saturated heterocycles. The van der Waals surface area contributed by atoms with Gasteiger partial charge < -0.3 is 10.1 Å². The first-order valence-electron chi connectivity index (χ1n) is 6.22. The standard InChI is InChI=1S/C14H15N3O3/c1-2-20-12-5-3-11(4-6-12)16-13(18)9-17-10-15-8-7-14(17)19/h3-8,10H,2,9H2,1H3,(H,16,18). The molecule has 0 aliphatic carbocycles. The lowest BCUT2D eigenvalue weighted by atomic mass is 10.3. The van der Waals surface area contributed by atoms with Crippen LogP contribution < -0.4 is 15.6 Å². The highest BCUT2D eigenvalue weighted by Crippen LogP contribution is 2.15. The Morgan fingerprint density at radius 3 is 2.70 bits per heavy atom. The monoisotopic (exact) mass is 273 g/mol. The Kier molecular flexibility index (Phi) is 4.49. The van der Waals surface area contributed by atoms with Gasteiger partial charge >= 0.3 is 0 Å². The molecule has 0 spiro atoms. The number of carbonyl (C=O) groups is 1. The number of carbonyl (C=O) groups excluding carboxylic acids is 1. The van der Waals surface area contributed by atoms with E-state index in [0.717, 1.165) is 5.75 Å². The van der Waals surface area contributed by atoms with Crippen LogP contribution in [0.25, 0.3) is 0 Å². The quantitative estimate of drug-likeness (QED) is 0.890. The summed E-state index contributed by atoms with van der Waals surface area (Å²) in [6.45, 7) is 2.43. The third-order valence-corrected chi connectivity index (χ3v) is 2.56. The normalized spacial score (nSPS) is 10.1. The van der Waals surface area contributed by atoms with Gasteiger partial charge in [-0.1, -0.05) is 0 Å². The van der Waals surface area contributed by atoms with E-state index in [1.807, 2.05) is 6.92 Å². The zero-order valence-corrected chi connectivity index (χ0v) is 11.1. The van der Waals surface area contributed by atoms with E-state index in [4.69, 9.17) is 4.74 Å². The fraction of sp³-hybridized carbons (Fsp3) is 0.214. The van der Waals surface area contributed by atoms with Crippen molar-refractivity contribution in [1.29, 1.82) is 0 Å². The number of nitrogens with one attached hydrogen (secondary N) is 1. The fourth-order valence-electron chi connectivity index (χ4n) is 1.65. The molecule has 0 bridgehead atoms. The molecule has 1 aromatic heterocycles. The number of hydrogen-bond donors (Lipinski definition) is 1. The molecule has 104 valence electrons. The SMILES string of the molecule is CCOc1ccc(NC(=O)Cn2cnccc2=O)cc1. The Morgan fingerprint density at radius 1 is 1.30 bits per heavy atom. The lowest BCUT2D eigenvalue weighted by Crippen LogP contribution is -2.26. The molecule has 1 aromatic carbocycles. The molecule has 1 N–H and O–H groups in total. The second kappa shape index (κ2) is 6.51. The molecule has 1 heterocycles. The largest absolute Gasteiger partial charge is 0.494 e. The Bertz CT molecular complexity index is 635. The summed E-state index contributed by atoms with van der Waals surface area (Å²) in [7, 11) is 0. The Balaban J connectivity index is 1.98. The molecule has 2 rings (SSSR count). The molecule has 0 fully saturated rings. The van der Waals surface area contributed by atoms with Crippen molar-refractivity contribution in [3.8, 4) is 5.75 Å². The minimum absolute atomic E-state index is 0.0696. The average molecular weight is 273 g/mol. The van der Waals surface area contributed by atoms with E-state index in [1.54, 1.807) is 24.3 Å². The second-order valence-electron chi connectivity index (χ2n) is 4.05. The number of hydrogen-bond acceptors (Lipinski definition) is 4. The van der Waals surface area contributed by atoms with Gasteiger partial charge in [0.25, 0.3) is 5.56 Å². The number of aromatic nitrogens is 2. The molecule has 0 saturated carbocycles. The first-order valence-corrected chi connectivity index (χ1v) is 6.22. The van der Waals surface area contributed by atoms with Crippen LogP contribution in [-0.4, -0.2) is 22.1 Å². The van der Waals surface area contributed by atoms with Gasteiger partial charge in [-0.05, 0) is 31.2 Å². The first kappa shape index (κ1) is 13.8. The van der Waals surface area contributed by atoms with Gasteiger partial charge in [0.05, 0.1) is 12.9 Å². The number of nitrogens with zero attached hydrogens (tertiary/aromatic N) is 2. The molecule has 6 heteroatoms. The second-order valence-corrected chi connectivity index (χ2v) is 4.05. The lowest BCUT2D eigenvalue weighted by Gasteiger charge is -2.08. The molecule has 0 aliphatic heterocycles. The van der Waals surface area contributed by atoms with Crippen molar-refractivity contribution in [2.75, 3.05) is 11.9 Å². The van der Waals surface area contributed by atoms with Crippen molar-refractivity contribution in [1.82, 2.24) is 9.55 Å². The van der Waals surface area contributed by atoms with Crippen LogP contribution in [0.4, 0.5) is 5.69 Å². The molecule has 0 unspecified atom stereocenters. The van der Waals surface area contributed by atoms with Gasteiger partial charge in [0, 0.05) is 18.0 Å². The fourth-order valence-corrected chi connectivity index (χ4v) is 1.65. The summed E-state index contributed by atoms with van der Waals surface area (Å²) in [4.78, 5) is 27.1. The summed E-state index contributed by atoms with van der Waals surface area (Å²) in [5.74, 6) is 0.457. The van der Waals surface area contributed by atoms with Crippen LogP contribution in [0.5, 0.6) is 5.75 Å². The molecule has 0 radical (unpaired) electrons. The van der Waals surface area contributed by atoms with E-state index in [0.29, 0.717) is 12.3 Å². The number of rotatable bonds is 5. The summed E-state index contributed by atoms with van der Waals surface area (Å²) >= 11 is 0. The smallest absolute Gasteiger partial charge is 0.253 e. The van der Waals surface area contributed by atoms with Crippen molar-refractivity contribution in [2.45, 2.75) is 13.5 Å². The molecule has 2 aromatic rings. The van der Waals surface area contributed by atoms with E-state index in [-0.39, 0.29) is 18.0 Å². The van der Waals surface area contributed by atoms with Gasteiger partial charge in [-0.3, -0.25) is 14.2 Å². The summed E-state index contributed by atoms with van der Waals surface area (Å²) in [5.41, 5.74) is 0.386. The lowest BCUT2D eigenvalue weighted by molar-refractivity contribution is -0.116. The molecule has 1 amide bonds. The van der Waals surface area contributed by atoms with E-state index < -0.39 is 0 Å². The Labute approximate surface area is 116 Å². The van der Waals surface area contributed by atoms with Gasteiger partial charge in [-0.15, -0.1) is 0 Å². The van der Waals surface area contributed by atoms with Crippen LogP contribution in [0, 0.1) is 0 Å². The molecular weight excluding hydrogens is 258 g/mol. The van der Waals surface area contributed by atoms with Crippen LogP contribution in [0.2, 0.25) is 0 Å². The van der Waals surface area contributed by atoms with E-state index in [9.17, 15) is 9.59 Å². The Hall–Kier alpha value is -2.63. The van der Waals surface area contributed by atoms with Crippen molar-refractivity contribution >= 4 is 11.6 Å². The summed E-state index contributed by atoms with van der Waals surface area (Å²) in [6, 6.07) is 8.35. The zero-order valence-electron chi connectivity index (χ0n) is 11.1. The number of ether oxygens (including phenoxy) is 1. The maximum Gasteiger partial charge on any atom is 0.253 e. The van der Waals surface area contributed by atoms with Crippen molar-refractivity contribution < 1.29 is 9.53 Å². The van der Waals surface area contributed by atoms with Crippen LogP contribution in [0.3, 0.4) is 0 Å². The van der Waals surface area contributed by atoms with Gasteiger partial charge in [-0.25, -0.2) is 4.98 Å². The van der Waals surface area contributed by atoms with Gasteiger partial charge in [0.2, 0.25) is 5.91 Å². The van der Waals surface area contributed by atoms with Crippen LogP contribution >= 0.6 is 0 Å². The molecule has 0 atom stereocenters. The highest BCUT2D eigenvalue weighted by Gasteiger charge is 2.05. The maximum atomic E-state index is 11.8. The predicted molar refractivity (Wildman–Crippen MR) is 74.7 cm³/mol. The molecule has 0 aliphatic rings. The third-order valence-electron chi connectivity index (χ3n) is 2.56. The minimum atomic E-state index is -0.288. The topological polar surface area (TPSA) is 73.2 Å². The summed E-state index contributed by atoms with van der Waals surface area (Å²) < 4.78 is 6.55. The summed E-state index contributed by atoms with van der Waals surface area (Å²) in [5, 5.41) is 2.70. The summed E-state index contributed by atoms with van der Waals surface area (Å²) in [6.07, 6.45) is 2.73. The van der Waals surface area contributed by atoms with Crippen LogP contribution in [0.15, 0.2) is 47.7 Å². The van der Waals surface area contributed by atoms with Crippen molar-refractivity contribution in [2.24, 2.45) is 0 Å². The van der Waals surface area contributed by atoms with Crippen molar-refractivity contribution in [3.63, 3.8) is 0 Å². The maximum absolute atomic E-state index is 11.8. The Morgan fingerprint density at radius 2 is 2.05 bits per heavy atom. The average Bonchev–Trinajstić information content (AvgIpc) is 2.44. The number of benzene rings is 1. The molecule has 6 nitrogen and oxygen atoms in total. The van der Waals surface area contributed by atoms with Gasteiger partial charge in [-0.2, -0.15) is 0 Å².